The van der Waals surface area contributed by atoms with Crippen LogP contribution in [-0.2, 0) is 11.2 Å². The second-order valence-corrected chi connectivity index (χ2v) is 4.37. The van der Waals surface area contributed by atoms with Gasteiger partial charge in [-0.15, -0.1) is 0 Å². The average Bonchev–Trinajstić information content (AvgIpc) is 2.22. The maximum atomic E-state index is 11.2. The Balaban J connectivity index is 2.73. The molecule has 1 amide bonds. The van der Waals surface area contributed by atoms with E-state index < -0.39 is 6.04 Å². The van der Waals surface area contributed by atoms with Crippen LogP contribution in [-0.4, -0.2) is 24.1 Å². The molecule has 0 aromatic heterocycles. The molecule has 1 aromatic rings. The molecule has 1 aromatic carbocycles. The van der Waals surface area contributed by atoms with E-state index in [2.05, 4.69) is 5.32 Å². The van der Waals surface area contributed by atoms with Gasteiger partial charge in [0.25, 0.3) is 0 Å². The monoisotopic (exact) mass is 320 g/mol. The summed E-state index contributed by atoms with van der Waals surface area (Å²) in [7, 11) is 1.56. The van der Waals surface area contributed by atoms with Crippen LogP contribution >= 0.6 is 22.6 Å². The van der Waals surface area contributed by atoms with Crippen molar-refractivity contribution in [1.82, 2.24) is 5.32 Å². The molecule has 0 aliphatic heterocycles. The molecule has 0 radical (unpaired) electrons. The molecule has 0 bridgehead atoms. The number of carbonyl (C=O) groups is 1. The van der Waals surface area contributed by atoms with E-state index in [1.54, 1.807) is 19.2 Å². The largest absolute Gasteiger partial charge is 0.507 e. The minimum atomic E-state index is -0.546. The first kappa shape index (κ1) is 12.3. The van der Waals surface area contributed by atoms with Gasteiger partial charge >= 0.3 is 0 Å². The first-order chi connectivity index (χ1) is 7.04. The third-order valence-electron chi connectivity index (χ3n) is 2.05. The second kappa shape index (κ2) is 5.32. The summed E-state index contributed by atoms with van der Waals surface area (Å²) in [6.45, 7) is 0. The summed E-state index contributed by atoms with van der Waals surface area (Å²) in [6.07, 6.45) is 0.468. The van der Waals surface area contributed by atoms with Gasteiger partial charge in [0.15, 0.2) is 0 Å². The molecule has 0 aliphatic carbocycles. The first-order valence-corrected chi connectivity index (χ1v) is 5.57. The zero-order valence-corrected chi connectivity index (χ0v) is 10.5. The normalized spacial score (nSPS) is 12.2. The topological polar surface area (TPSA) is 75.4 Å². The van der Waals surface area contributed by atoms with Crippen LogP contribution in [0.5, 0.6) is 5.75 Å². The van der Waals surface area contributed by atoms with Crippen molar-refractivity contribution < 1.29 is 9.90 Å². The Hall–Kier alpha value is -0.820. The lowest BCUT2D eigenvalue weighted by Crippen LogP contribution is -2.40. The summed E-state index contributed by atoms with van der Waals surface area (Å²) >= 11 is 2.03. The standard InChI is InChI=1S/C10H13IN2O2/c1-13-10(15)8(12)5-6-2-3-9(14)7(11)4-6/h2-4,8,14H,5,12H2,1H3,(H,13,15). The molecule has 0 saturated carbocycles. The smallest absolute Gasteiger partial charge is 0.237 e. The molecule has 82 valence electrons. The Morgan fingerprint density at radius 2 is 2.33 bits per heavy atom. The highest BCUT2D eigenvalue weighted by atomic mass is 127. The van der Waals surface area contributed by atoms with Crippen LogP contribution in [0.2, 0.25) is 0 Å². The number of phenols is 1. The second-order valence-electron chi connectivity index (χ2n) is 3.21. The van der Waals surface area contributed by atoms with E-state index in [1.165, 1.54) is 0 Å². The van der Waals surface area contributed by atoms with Gasteiger partial charge in [-0.25, -0.2) is 0 Å². The van der Waals surface area contributed by atoms with Crippen molar-refractivity contribution in [1.29, 1.82) is 0 Å². The van der Waals surface area contributed by atoms with Crippen molar-refractivity contribution in [2.24, 2.45) is 5.73 Å². The predicted molar refractivity (Wildman–Crippen MR) is 66.6 cm³/mol. The maximum Gasteiger partial charge on any atom is 0.237 e. The van der Waals surface area contributed by atoms with Crippen molar-refractivity contribution in [3.63, 3.8) is 0 Å². The number of carbonyl (C=O) groups excluding carboxylic acids is 1. The summed E-state index contributed by atoms with van der Waals surface area (Å²) in [4.78, 5) is 11.2. The molecular formula is C10H13IN2O2. The molecular weight excluding hydrogens is 307 g/mol. The summed E-state index contributed by atoms with van der Waals surface area (Å²) in [5, 5.41) is 11.8. The number of halogens is 1. The molecule has 0 fully saturated rings. The number of phenolic OH excluding ortho intramolecular Hbond substituents is 1. The third-order valence-corrected chi connectivity index (χ3v) is 2.91. The van der Waals surface area contributed by atoms with E-state index in [1.807, 2.05) is 28.7 Å². The lowest BCUT2D eigenvalue weighted by Gasteiger charge is -2.10. The fourth-order valence-corrected chi connectivity index (χ4v) is 1.79. The predicted octanol–water partition coefficient (Wildman–Crippen LogP) is 0.613. The van der Waals surface area contributed by atoms with Crippen molar-refractivity contribution in [2.75, 3.05) is 7.05 Å². The van der Waals surface area contributed by atoms with Gasteiger partial charge in [0.05, 0.1) is 9.61 Å². The zero-order chi connectivity index (χ0) is 11.4. The van der Waals surface area contributed by atoms with E-state index in [0.29, 0.717) is 6.42 Å². The summed E-state index contributed by atoms with van der Waals surface area (Å²) in [5.41, 5.74) is 6.61. The highest BCUT2D eigenvalue weighted by molar-refractivity contribution is 14.1. The van der Waals surface area contributed by atoms with E-state index >= 15 is 0 Å². The number of nitrogens with two attached hydrogens (primary N) is 1. The van der Waals surface area contributed by atoms with Gasteiger partial charge in [0.2, 0.25) is 5.91 Å². The average molecular weight is 320 g/mol. The number of likely N-dealkylation sites (N-methyl/N-ethyl adjacent to an activating group) is 1. The maximum absolute atomic E-state index is 11.2. The van der Waals surface area contributed by atoms with Gasteiger partial charge in [-0.2, -0.15) is 0 Å². The van der Waals surface area contributed by atoms with E-state index in [4.69, 9.17) is 5.73 Å². The quantitative estimate of drug-likeness (QED) is 0.715. The first-order valence-electron chi connectivity index (χ1n) is 4.49. The SMILES string of the molecule is CNC(=O)C(N)Cc1ccc(O)c(I)c1. The Morgan fingerprint density at radius 3 is 2.87 bits per heavy atom. The number of hydrogen-bond donors (Lipinski definition) is 3. The number of amides is 1. The lowest BCUT2D eigenvalue weighted by atomic mass is 10.1. The van der Waals surface area contributed by atoms with Gasteiger partial charge in [-0.05, 0) is 46.7 Å². The van der Waals surface area contributed by atoms with E-state index in [0.717, 1.165) is 9.13 Å². The number of benzene rings is 1. The van der Waals surface area contributed by atoms with Gasteiger partial charge in [-0.1, -0.05) is 6.07 Å². The molecule has 1 unspecified atom stereocenters. The highest BCUT2D eigenvalue weighted by Gasteiger charge is 2.12. The van der Waals surface area contributed by atoms with Crippen LogP contribution in [0, 0.1) is 3.57 Å². The van der Waals surface area contributed by atoms with Crippen LogP contribution in [0.1, 0.15) is 5.56 Å². The molecule has 0 saturated heterocycles. The molecule has 4 N–H and O–H groups in total. The Labute approximate surface area is 102 Å². The van der Waals surface area contributed by atoms with Crippen molar-refractivity contribution in [3.8, 4) is 5.75 Å². The van der Waals surface area contributed by atoms with Crippen molar-refractivity contribution >= 4 is 28.5 Å². The van der Waals surface area contributed by atoms with Crippen LogP contribution in [0.3, 0.4) is 0 Å². The fraction of sp³-hybridized carbons (Fsp3) is 0.300. The summed E-state index contributed by atoms with van der Waals surface area (Å²) in [5.74, 6) is 0.0611. The van der Waals surface area contributed by atoms with Crippen LogP contribution < -0.4 is 11.1 Å². The van der Waals surface area contributed by atoms with Gasteiger partial charge in [0.1, 0.15) is 5.75 Å². The van der Waals surface area contributed by atoms with Gasteiger partial charge in [-0.3, -0.25) is 4.79 Å². The summed E-state index contributed by atoms with van der Waals surface area (Å²) < 4.78 is 0.759. The fourth-order valence-electron chi connectivity index (χ4n) is 1.21. The van der Waals surface area contributed by atoms with Crippen LogP contribution in [0.4, 0.5) is 0 Å². The minimum absolute atomic E-state index is 0.182. The van der Waals surface area contributed by atoms with Crippen molar-refractivity contribution in [2.45, 2.75) is 12.5 Å². The Morgan fingerprint density at radius 1 is 1.67 bits per heavy atom. The molecule has 5 heteroatoms. The van der Waals surface area contributed by atoms with Gasteiger partial charge in [0, 0.05) is 7.05 Å². The molecule has 0 spiro atoms. The van der Waals surface area contributed by atoms with E-state index in [-0.39, 0.29) is 11.7 Å². The molecule has 15 heavy (non-hydrogen) atoms. The number of aromatic hydroxyl groups is 1. The summed E-state index contributed by atoms with van der Waals surface area (Å²) in [6, 6.07) is 4.64. The Bertz CT molecular complexity index is 368. The molecule has 1 rings (SSSR count). The third kappa shape index (κ3) is 3.35. The van der Waals surface area contributed by atoms with Crippen LogP contribution in [0.15, 0.2) is 18.2 Å². The molecule has 1 atom stereocenters. The number of hydrogen-bond acceptors (Lipinski definition) is 3. The number of nitrogens with one attached hydrogen (secondary N) is 1. The highest BCUT2D eigenvalue weighted by Crippen LogP contribution is 2.20. The molecule has 0 heterocycles. The minimum Gasteiger partial charge on any atom is -0.507 e. The van der Waals surface area contributed by atoms with Gasteiger partial charge < -0.3 is 16.2 Å². The molecule has 0 aliphatic rings. The number of rotatable bonds is 3. The lowest BCUT2D eigenvalue weighted by molar-refractivity contribution is -0.121. The van der Waals surface area contributed by atoms with E-state index in [9.17, 15) is 9.90 Å². The van der Waals surface area contributed by atoms with Crippen LogP contribution in [0.25, 0.3) is 0 Å². The molecule has 4 nitrogen and oxygen atoms in total. The Kier molecular flexibility index (Phi) is 4.34. The van der Waals surface area contributed by atoms with Crippen molar-refractivity contribution in [3.05, 3.63) is 27.3 Å². The zero-order valence-electron chi connectivity index (χ0n) is 8.33.